The normalized spacial score (nSPS) is 14.3. The van der Waals surface area contributed by atoms with Gasteiger partial charge in [-0.1, -0.05) is 36.3 Å². The Morgan fingerprint density at radius 3 is 2.67 bits per heavy atom. The van der Waals surface area contributed by atoms with Crippen molar-refractivity contribution in [3.63, 3.8) is 0 Å². The zero-order valence-corrected chi connectivity index (χ0v) is 16.3. The second-order valence-electron chi connectivity index (χ2n) is 6.95. The summed E-state index contributed by atoms with van der Waals surface area (Å²) >= 11 is 1.17. The Hall–Kier alpha value is -2.41. The number of anilines is 1. The first-order valence-corrected chi connectivity index (χ1v) is 10.3. The second-order valence-corrected chi connectivity index (χ2v) is 7.77. The fourth-order valence-corrected chi connectivity index (χ4v) is 4.17. The SMILES string of the molecule is Cc1csc(=O)n1CCCC(=O)Nc1ccccc1C(=O)NC1CCCC1. The number of para-hydroxylation sites is 1. The largest absolute Gasteiger partial charge is 0.349 e. The number of benzene rings is 1. The van der Waals surface area contributed by atoms with Crippen molar-refractivity contribution in [2.75, 3.05) is 5.32 Å². The Morgan fingerprint density at radius 1 is 1.22 bits per heavy atom. The van der Waals surface area contributed by atoms with E-state index in [4.69, 9.17) is 0 Å². The molecule has 1 saturated carbocycles. The second kappa shape index (κ2) is 8.99. The standard InChI is InChI=1S/C20H25N3O3S/c1-14-13-27-20(26)23(14)12-6-11-18(24)22-17-10-5-4-9-16(17)19(25)21-15-7-2-3-8-15/h4-5,9-10,13,15H,2-3,6-8,11-12H2,1H3,(H,21,25)(H,22,24). The number of hydrogen-bond donors (Lipinski definition) is 2. The smallest absolute Gasteiger partial charge is 0.307 e. The van der Waals surface area contributed by atoms with Crippen molar-refractivity contribution in [3.8, 4) is 0 Å². The number of aromatic nitrogens is 1. The lowest BCUT2D eigenvalue weighted by atomic mass is 10.1. The number of carbonyl (C=O) groups excluding carboxylic acids is 2. The van der Waals surface area contributed by atoms with E-state index in [0.717, 1.165) is 31.4 Å². The number of nitrogens with one attached hydrogen (secondary N) is 2. The van der Waals surface area contributed by atoms with Gasteiger partial charge in [0.25, 0.3) is 5.91 Å². The van der Waals surface area contributed by atoms with Crippen LogP contribution >= 0.6 is 11.3 Å². The zero-order valence-electron chi connectivity index (χ0n) is 15.5. The van der Waals surface area contributed by atoms with Crippen LogP contribution < -0.4 is 15.5 Å². The molecule has 144 valence electrons. The minimum absolute atomic E-state index is 0.00170. The lowest BCUT2D eigenvalue weighted by molar-refractivity contribution is -0.116. The van der Waals surface area contributed by atoms with Crippen LogP contribution in [-0.2, 0) is 11.3 Å². The number of carbonyl (C=O) groups is 2. The average Bonchev–Trinajstić information content (AvgIpc) is 3.27. The Labute approximate surface area is 162 Å². The van der Waals surface area contributed by atoms with Gasteiger partial charge in [-0.2, -0.15) is 0 Å². The molecule has 1 aliphatic carbocycles. The van der Waals surface area contributed by atoms with E-state index in [1.54, 1.807) is 28.8 Å². The van der Waals surface area contributed by atoms with Gasteiger partial charge in [0.05, 0.1) is 11.3 Å². The van der Waals surface area contributed by atoms with Crippen LogP contribution in [0.25, 0.3) is 0 Å². The van der Waals surface area contributed by atoms with Crippen molar-refractivity contribution in [2.24, 2.45) is 0 Å². The van der Waals surface area contributed by atoms with Crippen LogP contribution in [-0.4, -0.2) is 22.4 Å². The van der Waals surface area contributed by atoms with Gasteiger partial charge in [-0.3, -0.25) is 14.4 Å². The monoisotopic (exact) mass is 387 g/mol. The molecular weight excluding hydrogens is 362 g/mol. The molecule has 0 bridgehead atoms. The zero-order chi connectivity index (χ0) is 19.2. The number of nitrogens with zero attached hydrogens (tertiary/aromatic N) is 1. The van der Waals surface area contributed by atoms with E-state index in [-0.39, 0.29) is 22.7 Å². The summed E-state index contributed by atoms with van der Waals surface area (Å²) in [6.07, 6.45) is 5.19. The fraction of sp³-hybridized carbons (Fsp3) is 0.450. The summed E-state index contributed by atoms with van der Waals surface area (Å²) in [7, 11) is 0. The summed E-state index contributed by atoms with van der Waals surface area (Å²) < 4.78 is 1.68. The summed E-state index contributed by atoms with van der Waals surface area (Å²) in [5, 5.41) is 7.72. The van der Waals surface area contributed by atoms with Gasteiger partial charge in [0, 0.05) is 30.1 Å². The van der Waals surface area contributed by atoms with Gasteiger partial charge in [-0.05, 0) is 38.3 Å². The van der Waals surface area contributed by atoms with Crippen molar-refractivity contribution >= 4 is 28.8 Å². The van der Waals surface area contributed by atoms with E-state index >= 15 is 0 Å². The quantitative estimate of drug-likeness (QED) is 0.765. The van der Waals surface area contributed by atoms with Gasteiger partial charge < -0.3 is 15.2 Å². The molecule has 6 nitrogen and oxygen atoms in total. The van der Waals surface area contributed by atoms with Crippen LogP contribution in [0.2, 0.25) is 0 Å². The van der Waals surface area contributed by atoms with E-state index in [1.807, 2.05) is 12.3 Å². The van der Waals surface area contributed by atoms with Crippen LogP contribution in [0.5, 0.6) is 0 Å². The van der Waals surface area contributed by atoms with E-state index in [2.05, 4.69) is 10.6 Å². The van der Waals surface area contributed by atoms with Gasteiger partial charge in [0.1, 0.15) is 0 Å². The number of hydrogen-bond acceptors (Lipinski definition) is 4. The van der Waals surface area contributed by atoms with Crippen LogP contribution in [0.15, 0.2) is 34.4 Å². The predicted octanol–water partition coefficient (Wildman–Crippen LogP) is 3.31. The Bertz CT molecular complexity index is 865. The molecule has 7 heteroatoms. The number of aryl methyl sites for hydroxylation is 1. The molecule has 1 fully saturated rings. The van der Waals surface area contributed by atoms with Gasteiger partial charge in [-0.25, -0.2) is 0 Å². The summed E-state index contributed by atoms with van der Waals surface area (Å²) in [5.41, 5.74) is 1.93. The number of thiazole rings is 1. The maximum Gasteiger partial charge on any atom is 0.307 e. The molecule has 0 spiro atoms. The van der Waals surface area contributed by atoms with Crippen molar-refractivity contribution in [1.29, 1.82) is 0 Å². The average molecular weight is 388 g/mol. The van der Waals surface area contributed by atoms with E-state index in [0.29, 0.717) is 30.6 Å². The highest BCUT2D eigenvalue weighted by Crippen LogP contribution is 2.20. The molecule has 3 rings (SSSR count). The predicted molar refractivity (Wildman–Crippen MR) is 107 cm³/mol. The molecule has 0 atom stereocenters. The molecule has 0 saturated heterocycles. The molecule has 1 heterocycles. The molecule has 2 N–H and O–H groups in total. The summed E-state index contributed by atoms with van der Waals surface area (Å²) in [4.78, 5) is 36.6. The van der Waals surface area contributed by atoms with Gasteiger partial charge in [-0.15, -0.1) is 0 Å². The minimum Gasteiger partial charge on any atom is -0.349 e. The topological polar surface area (TPSA) is 80.2 Å². The lowest BCUT2D eigenvalue weighted by Crippen LogP contribution is -2.33. The van der Waals surface area contributed by atoms with Crippen molar-refractivity contribution in [3.05, 3.63) is 50.6 Å². The van der Waals surface area contributed by atoms with E-state index in [9.17, 15) is 14.4 Å². The lowest BCUT2D eigenvalue weighted by Gasteiger charge is -2.15. The van der Waals surface area contributed by atoms with Crippen LogP contribution in [0.1, 0.15) is 54.6 Å². The third-order valence-electron chi connectivity index (χ3n) is 4.90. The molecule has 0 unspecified atom stereocenters. The Balaban J connectivity index is 1.56. The fourth-order valence-electron chi connectivity index (χ4n) is 3.41. The first-order chi connectivity index (χ1) is 13.0. The first-order valence-electron chi connectivity index (χ1n) is 9.39. The van der Waals surface area contributed by atoms with Gasteiger partial charge in [0.15, 0.2) is 0 Å². The van der Waals surface area contributed by atoms with Gasteiger partial charge >= 0.3 is 4.87 Å². The van der Waals surface area contributed by atoms with E-state index in [1.165, 1.54) is 11.3 Å². The summed E-state index contributed by atoms with van der Waals surface area (Å²) in [6, 6.07) is 7.30. The third-order valence-corrected chi connectivity index (χ3v) is 5.78. The van der Waals surface area contributed by atoms with Crippen LogP contribution in [0.3, 0.4) is 0 Å². The number of rotatable bonds is 7. The summed E-state index contributed by atoms with van der Waals surface area (Å²) in [5.74, 6) is -0.296. The van der Waals surface area contributed by atoms with E-state index < -0.39 is 0 Å². The maximum atomic E-state index is 12.5. The van der Waals surface area contributed by atoms with Crippen molar-refractivity contribution in [2.45, 2.75) is 58.0 Å². The van der Waals surface area contributed by atoms with Crippen molar-refractivity contribution in [1.82, 2.24) is 9.88 Å². The molecular formula is C20H25N3O3S. The Kier molecular flexibility index (Phi) is 6.45. The Morgan fingerprint density at radius 2 is 1.96 bits per heavy atom. The van der Waals surface area contributed by atoms with Crippen LogP contribution in [0.4, 0.5) is 5.69 Å². The third kappa shape index (κ3) is 5.07. The highest BCUT2D eigenvalue weighted by Gasteiger charge is 2.20. The molecule has 2 amide bonds. The molecule has 27 heavy (non-hydrogen) atoms. The highest BCUT2D eigenvalue weighted by molar-refractivity contribution is 7.07. The molecule has 0 aliphatic heterocycles. The van der Waals surface area contributed by atoms with Gasteiger partial charge in [0.2, 0.25) is 5.91 Å². The molecule has 1 aliphatic rings. The maximum absolute atomic E-state index is 12.5. The highest BCUT2D eigenvalue weighted by atomic mass is 32.1. The van der Waals surface area contributed by atoms with Crippen LogP contribution in [0, 0.1) is 6.92 Å². The summed E-state index contributed by atoms with van der Waals surface area (Å²) in [6.45, 7) is 2.41. The first kappa shape index (κ1) is 19.4. The molecule has 2 aromatic rings. The molecule has 1 aromatic carbocycles. The molecule has 0 radical (unpaired) electrons. The number of amides is 2. The minimum atomic E-state index is -0.156. The molecule has 1 aromatic heterocycles. The van der Waals surface area contributed by atoms with Crippen molar-refractivity contribution < 1.29 is 9.59 Å².